The van der Waals surface area contributed by atoms with Gasteiger partial charge in [0.2, 0.25) is 0 Å². The fourth-order valence-electron chi connectivity index (χ4n) is 0.825. The lowest BCUT2D eigenvalue weighted by atomic mass is 10.4. The average molecular weight is 274 g/mol. The summed E-state index contributed by atoms with van der Waals surface area (Å²) in [6.07, 6.45) is -0.207. The molecule has 2 N–H and O–H groups in total. The Morgan fingerprint density at radius 2 is 2.00 bits per heavy atom. The van der Waals surface area contributed by atoms with Crippen molar-refractivity contribution in [3.05, 3.63) is 0 Å². The summed E-state index contributed by atoms with van der Waals surface area (Å²) in [5.41, 5.74) is -4.31. The van der Waals surface area contributed by atoms with E-state index in [1.54, 1.807) is 0 Å². The van der Waals surface area contributed by atoms with E-state index in [-0.39, 0.29) is 37.0 Å². The van der Waals surface area contributed by atoms with Gasteiger partial charge in [-0.25, -0.2) is 4.79 Å². The van der Waals surface area contributed by atoms with Crippen molar-refractivity contribution in [2.75, 3.05) is 25.9 Å². The smallest absolute Gasteiger partial charge is 0.441 e. The molecule has 0 aromatic heterocycles. The van der Waals surface area contributed by atoms with Crippen LogP contribution in [0.1, 0.15) is 6.42 Å². The molecule has 0 saturated heterocycles. The molecule has 0 aromatic carbocycles. The number of rotatable bonds is 6. The van der Waals surface area contributed by atoms with Crippen LogP contribution in [0.5, 0.6) is 0 Å². The number of nitrogens with one attached hydrogen (secondary N) is 1. The molecule has 0 heterocycles. The zero-order valence-electron chi connectivity index (χ0n) is 9.08. The van der Waals surface area contributed by atoms with Crippen LogP contribution < -0.4 is 5.32 Å². The van der Waals surface area contributed by atoms with Gasteiger partial charge in [0.15, 0.2) is 0 Å². The number of alkyl halides is 3. The summed E-state index contributed by atoms with van der Waals surface area (Å²) in [6, 6.07) is -0.589. The molecule has 0 aliphatic carbocycles. The molecule has 0 bridgehead atoms. The van der Waals surface area contributed by atoms with Gasteiger partial charge in [0.1, 0.15) is 0 Å². The topological polar surface area (TPSA) is 69.6 Å². The van der Waals surface area contributed by atoms with Gasteiger partial charge in [-0.2, -0.15) is 13.2 Å². The maximum atomic E-state index is 11.7. The molecule has 0 radical (unpaired) electrons. The van der Waals surface area contributed by atoms with Crippen molar-refractivity contribution in [3.63, 3.8) is 0 Å². The SMILES string of the molecule is CN(CCC(=O)O)C(=O)NCCSC(F)(F)F. The van der Waals surface area contributed by atoms with Crippen LogP contribution in [0.25, 0.3) is 0 Å². The van der Waals surface area contributed by atoms with Crippen LogP contribution in [0.3, 0.4) is 0 Å². The molecular weight excluding hydrogens is 261 g/mol. The third kappa shape index (κ3) is 9.79. The Hall–Kier alpha value is -1.12. The molecule has 0 aliphatic heterocycles. The Bertz CT molecular complexity index is 273. The number of nitrogens with zero attached hydrogens (tertiary/aromatic N) is 1. The van der Waals surface area contributed by atoms with Gasteiger partial charge in [-0.05, 0) is 11.8 Å². The van der Waals surface area contributed by atoms with Crippen LogP contribution in [0.15, 0.2) is 0 Å². The number of hydrogen-bond donors (Lipinski definition) is 2. The van der Waals surface area contributed by atoms with E-state index in [4.69, 9.17) is 5.11 Å². The second-order valence-electron chi connectivity index (χ2n) is 3.09. The summed E-state index contributed by atoms with van der Waals surface area (Å²) >= 11 is -0.222. The summed E-state index contributed by atoms with van der Waals surface area (Å²) in [5, 5.41) is 10.6. The summed E-state index contributed by atoms with van der Waals surface area (Å²) < 4.78 is 35.2. The minimum Gasteiger partial charge on any atom is -0.481 e. The number of carboxylic acid groups (broad SMARTS) is 1. The van der Waals surface area contributed by atoms with Gasteiger partial charge < -0.3 is 15.3 Å². The maximum absolute atomic E-state index is 11.7. The largest absolute Gasteiger partial charge is 0.481 e. The summed E-state index contributed by atoms with van der Waals surface area (Å²) in [7, 11) is 1.37. The van der Waals surface area contributed by atoms with Gasteiger partial charge in [0.05, 0.1) is 6.42 Å². The number of carboxylic acids is 1. The predicted octanol–water partition coefficient (Wildman–Crippen LogP) is 1.36. The molecule has 100 valence electrons. The number of thioether (sulfide) groups is 1. The normalized spacial score (nSPS) is 11.1. The number of carbonyl (C=O) groups excluding carboxylic acids is 1. The molecule has 0 saturated carbocycles. The number of carbonyl (C=O) groups is 2. The lowest BCUT2D eigenvalue weighted by molar-refractivity contribution is -0.137. The Labute approximate surface area is 100 Å². The minimum absolute atomic E-state index is 0.00752. The molecule has 0 atom stereocenters. The Morgan fingerprint density at radius 1 is 1.41 bits per heavy atom. The molecule has 17 heavy (non-hydrogen) atoms. The summed E-state index contributed by atoms with van der Waals surface area (Å²) in [5.74, 6) is -1.32. The van der Waals surface area contributed by atoms with Gasteiger partial charge in [0, 0.05) is 25.9 Å². The van der Waals surface area contributed by atoms with Crippen LogP contribution in [0.2, 0.25) is 0 Å². The van der Waals surface area contributed by atoms with Gasteiger partial charge in [-0.3, -0.25) is 4.79 Å². The predicted molar refractivity (Wildman–Crippen MR) is 56.8 cm³/mol. The number of halogens is 3. The van der Waals surface area contributed by atoms with Crippen molar-refractivity contribution in [2.45, 2.75) is 11.9 Å². The van der Waals surface area contributed by atoms with E-state index in [0.717, 1.165) is 4.90 Å². The molecule has 5 nitrogen and oxygen atoms in total. The Kier molecular flexibility index (Phi) is 6.78. The summed E-state index contributed by atoms with van der Waals surface area (Å²) in [6.45, 7) is -0.117. The zero-order chi connectivity index (χ0) is 13.5. The van der Waals surface area contributed by atoms with E-state index < -0.39 is 17.5 Å². The van der Waals surface area contributed by atoms with Crippen molar-refractivity contribution in [1.82, 2.24) is 10.2 Å². The fraction of sp³-hybridized carbons (Fsp3) is 0.750. The molecule has 0 rings (SSSR count). The van der Waals surface area contributed by atoms with E-state index in [1.807, 2.05) is 0 Å². The minimum atomic E-state index is -4.31. The molecule has 0 unspecified atom stereocenters. The first kappa shape index (κ1) is 15.9. The number of amides is 2. The van der Waals surface area contributed by atoms with Crippen LogP contribution in [-0.4, -0.2) is 53.4 Å². The molecule has 0 aromatic rings. The van der Waals surface area contributed by atoms with E-state index in [0.29, 0.717) is 0 Å². The second kappa shape index (κ2) is 7.25. The Balaban J connectivity index is 3.68. The van der Waals surface area contributed by atoms with Gasteiger partial charge in [-0.1, -0.05) is 0 Å². The number of urea groups is 1. The number of hydrogen-bond acceptors (Lipinski definition) is 3. The monoisotopic (exact) mass is 274 g/mol. The van der Waals surface area contributed by atoms with Crippen molar-refractivity contribution >= 4 is 23.8 Å². The van der Waals surface area contributed by atoms with Gasteiger partial charge in [-0.15, -0.1) is 0 Å². The van der Waals surface area contributed by atoms with Gasteiger partial charge >= 0.3 is 17.5 Å². The van der Waals surface area contributed by atoms with Crippen molar-refractivity contribution in [2.24, 2.45) is 0 Å². The van der Waals surface area contributed by atoms with E-state index in [2.05, 4.69) is 5.32 Å². The summed E-state index contributed by atoms with van der Waals surface area (Å²) in [4.78, 5) is 22.5. The van der Waals surface area contributed by atoms with E-state index >= 15 is 0 Å². The quantitative estimate of drug-likeness (QED) is 0.717. The van der Waals surface area contributed by atoms with Crippen LogP contribution in [0, 0.1) is 0 Å². The van der Waals surface area contributed by atoms with Crippen molar-refractivity contribution in [1.29, 1.82) is 0 Å². The Morgan fingerprint density at radius 3 is 2.47 bits per heavy atom. The third-order valence-electron chi connectivity index (χ3n) is 1.65. The molecule has 0 aliphatic rings. The molecular formula is C8H13F3N2O3S. The van der Waals surface area contributed by atoms with Crippen LogP contribution in [0.4, 0.5) is 18.0 Å². The van der Waals surface area contributed by atoms with Crippen LogP contribution >= 0.6 is 11.8 Å². The average Bonchev–Trinajstić information content (AvgIpc) is 2.19. The van der Waals surface area contributed by atoms with Crippen molar-refractivity contribution < 1.29 is 27.9 Å². The van der Waals surface area contributed by atoms with E-state index in [9.17, 15) is 22.8 Å². The maximum Gasteiger partial charge on any atom is 0.441 e. The highest BCUT2D eigenvalue weighted by atomic mass is 32.2. The molecule has 0 spiro atoms. The van der Waals surface area contributed by atoms with Crippen molar-refractivity contribution in [3.8, 4) is 0 Å². The second-order valence-corrected chi connectivity index (χ2v) is 4.25. The van der Waals surface area contributed by atoms with Crippen LogP contribution in [-0.2, 0) is 4.79 Å². The molecule has 2 amide bonds. The fourth-order valence-corrected chi connectivity index (χ4v) is 1.26. The lowest BCUT2D eigenvalue weighted by Gasteiger charge is -2.16. The highest BCUT2D eigenvalue weighted by molar-refractivity contribution is 8.00. The molecule has 0 fully saturated rings. The third-order valence-corrected chi connectivity index (χ3v) is 2.39. The first-order chi connectivity index (χ1) is 7.72. The zero-order valence-corrected chi connectivity index (χ0v) is 9.90. The standard InChI is InChI=1S/C8H13F3N2O3S/c1-13(4-2-6(14)15)7(16)12-3-5-17-8(9,10)11/h2-5H2,1H3,(H,12,16)(H,14,15). The molecule has 9 heteroatoms. The van der Waals surface area contributed by atoms with E-state index in [1.165, 1.54) is 7.05 Å². The lowest BCUT2D eigenvalue weighted by Crippen LogP contribution is -2.39. The highest BCUT2D eigenvalue weighted by Gasteiger charge is 2.27. The highest BCUT2D eigenvalue weighted by Crippen LogP contribution is 2.29. The first-order valence-electron chi connectivity index (χ1n) is 4.64. The first-order valence-corrected chi connectivity index (χ1v) is 5.62. The number of aliphatic carboxylic acids is 1. The van der Waals surface area contributed by atoms with Gasteiger partial charge in [0.25, 0.3) is 0 Å².